The van der Waals surface area contributed by atoms with E-state index in [1.807, 2.05) is 0 Å². The lowest BCUT2D eigenvalue weighted by Gasteiger charge is -2.36. The highest BCUT2D eigenvalue weighted by Gasteiger charge is 2.32. The summed E-state index contributed by atoms with van der Waals surface area (Å²) >= 11 is 0. The molecule has 1 nitrogen and oxygen atoms in total. The maximum Gasteiger partial charge on any atom is 0.133 e. The highest BCUT2D eigenvalue weighted by atomic mass is 16.1. The van der Waals surface area contributed by atoms with E-state index in [9.17, 15) is 4.79 Å². The van der Waals surface area contributed by atoms with Gasteiger partial charge in [0.1, 0.15) is 5.78 Å². The third kappa shape index (κ3) is 3.77. The van der Waals surface area contributed by atoms with Crippen molar-refractivity contribution in [2.75, 3.05) is 0 Å². The molecule has 1 heteroatoms. The summed E-state index contributed by atoms with van der Waals surface area (Å²) < 4.78 is 0. The quantitative estimate of drug-likeness (QED) is 0.645. The predicted octanol–water partition coefficient (Wildman–Crippen LogP) is 4.37. The van der Waals surface area contributed by atoms with E-state index in [-0.39, 0.29) is 0 Å². The summed E-state index contributed by atoms with van der Waals surface area (Å²) in [6.45, 7) is 11.0. The summed E-state index contributed by atoms with van der Waals surface area (Å²) in [7, 11) is 0. The Bertz CT molecular complexity index is 284. The molecule has 0 heterocycles. The van der Waals surface area contributed by atoms with Crippen LogP contribution in [0.4, 0.5) is 0 Å². The van der Waals surface area contributed by atoms with E-state index in [1.165, 1.54) is 18.4 Å². The Morgan fingerprint density at radius 2 is 2.12 bits per heavy atom. The van der Waals surface area contributed by atoms with Crippen molar-refractivity contribution >= 4 is 5.78 Å². The van der Waals surface area contributed by atoms with Crippen LogP contribution in [0.25, 0.3) is 0 Å². The number of rotatable bonds is 4. The molecule has 0 saturated carbocycles. The zero-order valence-electron chi connectivity index (χ0n) is 11.5. The Labute approximate surface area is 100 Å². The van der Waals surface area contributed by atoms with Gasteiger partial charge in [0.2, 0.25) is 0 Å². The fraction of sp³-hybridized carbons (Fsp3) is 0.800. The van der Waals surface area contributed by atoms with Gasteiger partial charge in [-0.2, -0.15) is 0 Å². The molecule has 0 aromatic heterocycles. The highest BCUT2D eigenvalue weighted by molar-refractivity contribution is 5.79. The van der Waals surface area contributed by atoms with Crippen molar-refractivity contribution < 1.29 is 4.79 Å². The van der Waals surface area contributed by atoms with Crippen LogP contribution in [-0.2, 0) is 4.79 Å². The molecule has 0 bridgehead atoms. The number of carbonyl (C=O) groups excluding carboxylic acids is 1. The predicted molar refractivity (Wildman–Crippen MR) is 69.3 cm³/mol. The van der Waals surface area contributed by atoms with Gasteiger partial charge < -0.3 is 0 Å². The normalized spacial score (nSPS) is 24.4. The van der Waals surface area contributed by atoms with Crippen LogP contribution in [0.1, 0.15) is 60.3 Å². The molecule has 0 radical (unpaired) electrons. The number of carbonyl (C=O) groups is 1. The summed E-state index contributed by atoms with van der Waals surface area (Å²) in [5.41, 5.74) is 1.76. The Morgan fingerprint density at radius 3 is 2.69 bits per heavy atom. The van der Waals surface area contributed by atoms with Crippen molar-refractivity contribution in [3.05, 3.63) is 11.6 Å². The molecule has 1 aliphatic rings. The van der Waals surface area contributed by atoms with Gasteiger partial charge in [-0.15, -0.1) is 0 Å². The highest BCUT2D eigenvalue weighted by Crippen LogP contribution is 2.41. The van der Waals surface area contributed by atoms with Gasteiger partial charge in [-0.25, -0.2) is 0 Å². The van der Waals surface area contributed by atoms with E-state index >= 15 is 0 Å². The minimum atomic E-state index is 0.298. The molecule has 0 aromatic carbocycles. The van der Waals surface area contributed by atoms with Crippen LogP contribution in [0.15, 0.2) is 11.6 Å². The van der Waals surface area contributed by atoms with Gasteiger partial charge >= 0.3 is 0 Å². The second-order valence-electron chi connectivity index (χ2n) is 6.45. The first kappa shape index (κ1) is 13.5. The van der Waals surface area contributed by atoms with Gasteiger partial charge in [0.15, 0.2) is 0 Å². The summed E-state index contributed by atoms with van der Waals surface area (Å²) in [4.78, 5) is 11.9. The zero-order chi connectivity index (χ0) is 12.3. The summed E-state index contributed by atoms with van der Waals surface area (Å²) in [6.07, 6.45) is 6.22. The molecule has 1 atom stereocenters. The lowest BCUT2D eigenvalue weighted by atomic mass is 9.68. The minimum Gasteiger partial charge on any atom is -0.300 e. The maximum atomic E-state index is 11.9. The summed E-state index contributed by atoms with van der Waals surface area (Å²) in [6, 6.07) is 0. The van der Waals surface area contributed by atoms with E-state index in [0.29, 0.717) is 23.0 Å². The summed E-state index contributed by atoms with van der Waals surface area (Å²) in [5, 5.41) is 0. The molecule has 0 spiro atoms. The SMILES string of the molecule is CC1=CC(CC(=O)CC(C)C)C(C)(C)CC1. The topological polar surface area (TPSA) is 17.1 Å². The molecule has 16 heavy (non-hydrogen) atoms. The molecule has 0 aromatic rings. The first-order valence-electron chi connectivity index (χ1n) is 6.50. The molecule has 0 amide bonds. The van der Waals surface area contributed by atoms with Gasteiger partial charge in [-0.3, -0.25) is 4.79 Å². The Morgan fingerprint density at radius 1 is 1.50 bits per heavy atom. The first-order chi connectivity index (χ1) is 7.31. The Hall–Kier alpha value is -0.590. The van der Waals surface area contributed by atoms with E-state index in [4.69, 9.17) is 0 Å². The number of hydrogen-bond acceptors (Lipinski definition) is 1. The second kappa shape index (κ2) is 5.16. The minimum absolute atomic E-state index is 0.298. The van der Waals surface area contributed by atoms with Crippen molar-refractivity contribution in [1.29, 1.82) is 0 Å². The Kier molecular flexibility index (Phi) is 4.35. The van der Waals surface area contributed by atoms with Crippen LogP contribution in [-0.4, -0.2) is 5.78 Å². The largest absolute Gasteiger partial charge is 0.300 e. The average molecular weight is 222 g/mol. The molecule has 0 saturated heterocycles. The number of allylic oxidation sites excluding steroid dienone is 2. The molecule has 1 rings (SSSR count). The average Bonchev–Trinajstić information content (AvgIpc) is 2.10. The van der Waals surface area contributed by atoms with Crippen molar-refractivity contribution in [2.24, 2.45) is 17.3 Å². The van der Waals surface area contributed by atoms with Crippen molar-refractivity contribution in [3.8, 4) is 0 Å². The molecule has 0 fully saturated rings. The number of ketones is 1. The van der Waals surface area contributed by atoms with E-state index in [2.05, 4.69) is 40.7 Å². The van der Waals surface area contributed by atoms with Crippen LogP contribution < -0.4 is 0 Å². The van der Waals surface area contributed by atoms with E-state index < -0.39 is 0 Å². The van der Waals surface area contributed by atoms with E-state index in [0.717, 1.165) is 12.8 Å². The van der Waals surface area contributed by atoms with Crippen LogP contribution in [0, 0.1) is 17.3 Å². The Balaban J connectivity index is 2.63. The van der Waals surface area contributed by atoms with Gasteiger partial charge in [0.05, 0.1) is 0 Å². The van der Waals surface area contributed by atoms with Crippen molar-refractivity contribution in [3.63, 3.8) is 0 Å². The van der Waals surface area contributed by atoms with Gasteiger partial charge in [0.25, 0.3) is 0 Å². The van der Waals surface area contributed by atoms with Crippen molar-refractivity contribution in [2.45, 2.75) is 60.3 Å². The standard InChI is InChI=1S/C15H26O/c1-11(2)8-14(16)10-13-9-12(3)6-7-15(13,4)5/h9,11,13H,6-8,10H2,1-5H3. The van der Waals surface area contributed by atoms with Crippen LogP contribution in [0.2, 0.25) is 0 Å². The van der Waals surface area contributed by atoms with Gasteiger partial charge in [-0.1, -0.05) is 39.3 Å². The van der Waals surface area contributed by atoms with Crippen molar-refractivity contribution in [1.82, 2.24) is 0 Å². The maximum absolute atomic E-state index is 11.9. The third-order valence-corrected chi connectivity index (χ3v) is 3.74. The van der Waals surface area contributed by atoms with Crippen LogP contribution >= 0.6 is 0 Å². The van der Waals surface area contributed by atoms with Crippen LogP contribution in [0.5, 0.6) is 0 Å². The fourth-order valence-electron chi connectivity index (χ4n) is 2.48. The zero-order valence-corrected chi connectivity index (χ0v) is 11.5. The van der Waals surface area contributed by atoms with Gasteiger partial charge in [-0.05, 0) is 37.0 Å². The molecular formula is C15H26O. The lowest BCUT2D eigenvalue weighted by molar-refractivity contribution is -0.121. The third-order valence-electron chi connectivity index (χ3n) is 3.74. The monoisotopic (exact) mass is 222 g/mol. The number of Topliss-reactive ketones (excluding diaryl/α,β-unsaturated/α-hetero) is 1. The molecule has 0 N–H and O–H groups in total. The molecular weight excluding hydrogens is 196 g/mol. The smallest absolute Gasteiger partial charge is 0.133 e. The summed E-state index contributed by atoms with van der Waals surface area (Å²) in [5.74, 6) is 1.37. The second-order valence-corrected chi connectivity index (χ2v) is 6.45. The molecule has 0 aliphatic heterocycles. The molecule has 1 unspecified atom stereocenters. The first-order valence-corrected chi connectivity index (χ1v) is 6.50. The fourth-order valence-corrected chi connectivity index (χ4v) is 2.48. The van der Waals surface area contributed by atoms with Crippen LogP contribution in [0.3, 0.4) is 0 Å². The molecule has 1 aliphatic carbocycles. The number of hydrogen-bond donors (Lipinski definition) is 0. The lowest BCUT2D eigenvalue weighted by Crippen LogP contribution is -2.28. The van der Waals surface area contributed by atoms with Gasteiger partial charge in [0, 0.05) is 12.8 Å². The molecule has 92 valence electrons. The van der Waals surface area contributed by atoms with E-state index in [1.54, 1.807) is 0 Å².